The number of hydrogen-bond donors (Lipinski definition) is 2. The Labute approximate surface area is 211 Å². The Morgan fingerprint density at radius 2 is 1.76 bits per heavy atom. The molecule has 1 aliphatic rings. The molecule has 0 spiro atoms. The van der Waals surface area contributed by atoms with E-state index in [0.717, 1.165) is 50.2 Å². The summed E-state index contributed by atoms with van der Waals surface area (Å²) in [7, 11) is 3.37. The van der Waals surface area contributed by atoms with E-state index in [4.69, 9.17) is 0 Å². The average Bonchev–Trinajstić information content (AvgIpc) is 2.82. The average molecular weight is 571 g/mol. The van der Waals surface area contributed by atoms with Gasteiger partial charge in [-0.2, -0.15) is 0 Å². The largest absolute Gasteiger partial charge is 0.355 e. The van der Waals surface area contributed by atoms with E-state index in [0.29, 0.717) is 17.7 Å². The normalized spacial score (nSPS) is 15.5. The fourth-order valence-electron chi connectivity index (χ4n) is 4.12. The van der Waals surface area contributed by atoms with Gasteiger partial charge in [0.2, 0.25) is 0 Å². The number of carbonyl (C=O) groups excluding carboxylic acids is 1. The van der Waals surface area contributed by atoms with Crippen LogP contribution in [0.15, 0.2) is 47.5 Å². The third kappa shape index (κ3) is 6.86. The van der Waals surface area contributed by atoms with Crippen LogP contribution < -0.4 is 10.6 Å². The Hall–Kier alpha value is -2.27. The number of nitrogens with zero attached hydrogens (tertiary/aromatic N) is 3. The van der Waals surface area contributed by atoms with Gasteiger partial charge in [0.15, 0.2) is 5.96 Å². The summed E-state index contributed by atoms with van der Waals surface area (Å²) >= 11 is 0. The van der Waals surface area contributed by atoms with Gasteiger partial charge in [-0.3, -0.25) is 14.7 Å². The molecule has 0 aromatic heterocycles. The first-order valence-corrected chi connectivity index (χ1v) is 10.9. The Balaban J connectivity index is 0.00000385. The van der Waals surface area contributed by atoms with Crippen LogP contribution in [0, 0.1) is 11.6 Å². The SMILES string of the molecule is CCC(c1ccc(F)cc1F)N1CCN(C(=NC)NCc2ccc(C(=O)NC)cc2)CC1.I. The first kappa shape index (κ1) is 27.0. The van der Waals surface area contributed by atoms with E-state index < -0.39 is 11.6 Å². The molecule has 0 radical (unpaired) electrons. The fourth-order valence-corrected chi connectivity index (χ4v) is 4.12. The van der Waals surface area contributed by atoms with Crippen LogP contribution in [-0.4, -0.2) is 61.9 Å². The second-order valence-electron chi connectivity index (χ2n) is 7.79. The first-order valence-electron chi connectivity index (χ1n) is 10.9. The van der Waals surface area contributed by atoms with Crippen LogP contribution in [-0.2, 0) is 6.54 Å². The standard InChI is InChI=1S/C24H31F2N5O.HI/c1-4-22(20-10-9-19(25)15-21(20)26)30-11-13-31(14-12-30)24(28-3)29-16-17-5-7-18(8-6-17)23(32)27-2;/h5-10,15,22H,4,11-14,16H2,1-3H3,(H,27,32)(H,28,29);1H. The molecule has 1 atom stereocenters. The molecule has 1 unspecified atom stereocenters. The summed E-state index contributed by atoms with van der Waals surface area (Å²) in [6.07, 6.45) is 0.752. The van der Waals surface area contributed by atoms with E-state index in [-0.39, 0.29) is 35.9 Å². The van der Waals surface area contributed by atoms with E-state index >= 15 is 0 Å². The highest BCUT2D eigenvalue weighted by atomic mass is 127. The highest BCUT2D eigenvalue weighted by molar-refractivity contribution is 14.0. The number of rotatable bonds is 6. The molecule has 2 aromatic rings. The third-order valence-electron chi connectivity index (χ3n) is 5.87. The third-order valence-corrected chi connectivity index (χ3v) is 5.87. The lowest BCUT2D eigenvalue weighted by Crippen LogP contribution is -2.53. The summed E-state index contributed by atoms with van der Waals surface area (Å²) in [6, 6.07) is 11.2. The summed E-state index contributed by atoms with van der Waals surface area (Å²) in [5.41, 5.74) is 2.22. The Morgan fingerprint density at radius 1 is 1.09 bits per heavy atom. The van der Waals surface area contributed by atoms with Crippen molar-refractivity contribution in [2.24, 2.45) is 4.99 Å². The zero-order valence-electron chi connectivity index (χ0n) is 19.3. The number of aliphatic imine (C=N–C) groups is 1. The van der Waals surface area contributed by atoms with Crippen LogP contribution in [0.4, 0.5) is 8.78 Å². The number of guanidine groups is 1. The monoisotopic (exact) mass is 571 g/mol. The predicted molar refractivity (Wildman–Crippen MR) is 138 cm³/mol. The Kier molecular flexibility index (Phi) is 10.5. The summed E-state index contributed by atoms with van der Waals surface area (Å²) < 4.78 is 27.6. The molecule has 1 fully saturated rings. The van der Waals surface area contributed by atoms with E-state index in [2.05, 4.69) is 25.4 Å². The first-order chi connectivity index (χ1) is 15.5. The quantitative estimate of drug-likeness (QED) is 0.315. The summed E-state index contributed by atoms with van der Waals surface area (Å²) in [4.78, 5) is 20.5. The summed E-state index contributed by atoms with van der Waals surface area (Å²) in [5.74, 6) is -0.339. The van der Waals surface area contributed by atoms with Gasteiger partial charge in [0.1, 0.15) is 11.6 Å². The predicted octanol–water partition coefficient (Wildman–Crippen LogP) is 3.79. The number of halogens is 3. The lowest BCUT2D eigenvalue weighted by molar-refractivity contribution is 0.0963. The van der Waals surface area contributed by atoms with Gasteiger partial charge in [-0.05, 0) is 30.2 Å². The van der Waals surface area contributed by atoms with Crippen molar-refractivity contribution in [1.29, 1.82) is 0 Å². The highest BCUT2D eigenvalue weighted by Crippen LogP contribution is 2.28. The van der Waals surface area contributed by atoms with Gasteiger partial charge in [-0.15, -0.1) is 24.0 Å². The van der Waals surface area contributed by atoms with Gasteiger partial charge in [-0.25, -0.2) is 8.78 Å². The molecule has 1 heterocycles. The van der Waals surface area contributed by atoms with E-state index in [1.807, 2.05) is 19.1 Å². The molecule has 2 N–H and O–H groups in total. The van der Waals surface area contributed by atoms with Crippen molar-refractivity contribution < 1.29 is 13.6 Å². The minimum atomic E-state index is -0.552. The molecule has 0 saturated carbocycles. The molecule has 0 bridgehead atoms. The van der Waals surface area contributed by atoms with Crippen molar-refractivity contribution in [2.75, 3.05) is 40.3 Å². The van der Waals surface area contributed by atoms with Gasteiger partial charge in [0.25, 0.3) is 5.91 Å². The molecular formula is C24H32F2IN5O. The van der Waals surface area contributed by atoms with Crippen molar-refractivity contribution in [3.8, 4) is 0 Å². The molecule has 2 aromatic carbocycles. The maximum absolute atomic E-state index is 14.3. The summed E-state index contributed by atoms with van der Waals surface area (Å²) in [6.45, 7) is 5.66. The number of piperazine rings is 1. The van der Waals surface area contributed by atoms with Gasteiger partial charge < -0.3 is 15.5 Å². The molecular weight excluding hydrogens is 539 g/mol. The van der Waals surface area contributed by atoms with Crippen LogP contribution in [0.2, 0.25) is 0 Å². The van der Waals surface area contributed by atoms with E-state index in [9.17, 15) is 13.6 Å². The molecule has 1 amide bonds. The zero-order valence-corrected chi connectivity index (χ0v) is 21.6. The van der Waals surface area contributed by atoms with Gasteiger partial charge in [-0.1, -0.05) is 25.1 Å². The van der Waals surface area contributed by atoms with Gasteiger partial charge in [0.05, 0.1) is 0 Å². The van der Waals surface area contributed by atoms with E-state index in [1.165, 1.54) is 6.07 Å². The Bertz CT molecular complexity index is 946. The smallest absolute Gasteiger partial charge is 0.251 e. The van der Waals surface area contributed by atoms with Crippen molar-refractivity contribution in [2.45, 2.75) is 25.9 Å². The molecule has 1 aliphatic heterocycles. The molecule has 33 heavy (non-hydrogen) atoms. The lowest BCUT2D eigenvalue weighted by Gasteiger charge is -2.40. The van der Waals surface area contributed by atoms with E-state index in [1.54, 1.807) is 32.3 Å². The van der Waals surface area contributed by atoms with Crippen molar-refractivity contribution in [3.63, 3.8) is 0 Å². The van der Waals surface area contributed by atoms with Crippen molar-refractivity contribution >= 4 is 35.8 Å². The number of hydrogen-bond acceptors (Lipinski definition) is 3. The van der Waals surface area contributed by atoms with Gasteiger partial charge in [0, 0.05) is 70.1 Å². The molecule has 9 heteroatoms. The maximum Gasteiger partial charge on any atom is 0.251 e. The fraction of sp³-hybridized carbons (Fsp3) is 0.417. The molecule has 180 valence electrons. The van der Waals surface area contributed by atoms with Crippen LogP contribution in [0.5, 0.6) is 0 Å². The van der Waals surface area contributed by atoms with Crippen LogP contribution >= 0.6 is 24.0 Å². The highest BCUT2D eigenvalue weighted by Gasteiger charge is 2.27. The van der Waals surface area contributed by atoms with Crippen molar-refractivity contribution in [1.82, 2.24) is 20.4 Å². The zero-order chi connectivity index (χ0) is 23.1. The topological polar surface area (TPSA) is 60.0 Å². The van der Waals surface area contributed by atoms with Crippen LogP contribution in [0.25, 0.3) is 0 Å². The second kappa shape index (κ2) is 12.8. The minimum Gasteiger partial charge on any atom is -0.355 e. The number of nitrogens with one attached hydrogen (secondary N) is 2. The lowest BCUT2D eigenvalue weighted by atomic mass is 10.0. The number of amides is 1. The molecule has 6 nitrogen and oxygen atoms in total. The van der Waals surface area contributed by atoms with Crippen LogP contribution in [0.1, 0.15) is 40.9 Å². The van der Waals surface area contributed by atoms with Crippen LogP contribution in [0.3, 0.4) is 0 Å². The van der Waals surface area contributed by atoms with Crippen molar-refractivity contribution in [3.05, 3.63) is 70.8 Å². The molecule has 1 saturated heterocycles. The van der Waals surface area contributed by atoms with Gasteiger partial charge >= 0.3 is 0 Å². The minimum absolute atomic E-state index is 0. The number of carbonyl (C=O) groups is 1. The Morgan fingerprint density at radius 3 is 2.30 bits per heavy atom. The summed E-state index contributed by atoms with van der Waals surface area (Å²) in [5, 5.41) is 5.99. The molecule has 0 aliphatic carbocycles. The number of benzene rings is 2. The molecule has 3 rings (SSSR count). The maximum atomic E-state index is 14.3. The second-order valence-corrected chi connectivity index (χ2v) is 7.79.